The molecule has 0 spiro atoms. The lowest BCUT2D eigenvalue weighted by Crippen LogP contribution is -1.98. The Hall–Kier alpha value is -0.870. The number of hydrogen-bond acceptors (Lipinski definition) is 3. The Balaban J connectivity index is 2.02. The molecule has 0 aliphatic rings. The van der Waals surface area contributed by atoms with E-state index in [0.717, 1.165) is 21.7 Å². The molecule has 0 saturated heterocycles. The highest BCUT2D eigenvalue weighted by Gasteiger charge is 1.98. The van der Waals surface area contributed by atoms with Crippen molar-refractivity contribution in [3.05, 3.63) is 45.3 Å². The molecule has 14 heavy (non-hydrogen) atoms. The van der Waals surface area contributed by atoms with Crippen molar-refractivity contribution in [1.82, 2.24) is 4.98 Å². The average Bonchev–Trinajstić information content (AvgIpc) is 2.69. The number of nitrogens with zero attached hydrogens (tertiary/aromatic N) is 1. The van der Waals surface area contributed by atoms with E-state index in [2.05, 4.69) is 26.2 Å². The van der Waals surface area contributed by atoms with E-state index in [1.807, 2.05) is 35.8 Å². The lowest BCUT2D eigenvalue weighted by Gasteiger charge is -2.05. The van der Waals surface area contributed by atoms with Crippen LogP contribution in [0, 0.1) is 0 Å². The number of thiazole rings is 1. The molecule has 0 fully saturated rings. The molecule has 4 heteroatoms. The minimum atomic E-state index is 0.778. The van der Waals surface area contributed by atoms with E-state index in [1.165, 1.54) is 0 Å². The molecule has 0 aliphatic heterocycles. The van der Waals surface area contributed by atoms with Gasteiger partial charge in [0.1, 0.15) is 5.01 Å². The first-order chi connectivity index (χ1) is 6.86. The Labute approximate surface area is 95.1 Å². The van der Waals surface area contributed by atoms with E-state index >= 15 is 0 Å². The second-order valence-corrected chi connectivity index (χ2v) is 4.59. The molecule has 1 aromatic carbocycles. The van der Waals surface area contributed by atoms with Crippen molar-refractivity contribution >= 4 is 33.0 Å². The summed E-state index contributed by atoms with van der Waals surface area (Å²) in [6.07, 6.45) is 1.82. The van der Waals surface area contributed by atoms with Gasteiger partial charge >= 0.3 is 0 Å². The number of aromatic nitrogens is 1. The van der Waals surface area contributed by atoms with Crippen molar-refractivity contribution in [3.8, 4) is 0 Å². The Morgan fingerprint density at radius 1 is 1.36 bits per heavy atom. The van der Waals surface area contributed by atoms with E-state index in [1.54, 1.807) is 11.3 Å². The largest absolute Gasteiger partial charge is 0.378 e. The number of halogens is 1. The zero-order valence-corrected chi connectivity index (χ0v) is 9.81. The van der Waals surface area contributed by atoms with Crippen LogP contribution in [0.5, 0.6) is 0 Å². The number of anilines is 1. The monoisotopic (exact) mass is 268 g/mol. The molecular weight excluding hydrogens is 260 g/mol. The van der Waals surface area contributed by atoms with Gasteiger partial charge in [0.25, 0.3) is 0 Å². The maximum atomic E-state index is 4.20. The minimum Gasteiger partial charge on any atom is -0.378 e. The fourth-order valence-electron chi connectivity index (χ4n) is 1.12. The molecule has 0 amide bonds. The summed E-state index contributed by atoms with van der Waals surface area (Å²) < 4.78 is 1.08. The minimum absolute atomic E-state index is 0.778. The number of benzene rings is 1. The van der Waals surface area contributed by atoms with Gasteiger partial charge in [-0.25, -0.2) is 4.98 Å². The van der Waals surface area contributed by atoms with Gasteiger partial charge in [0.2, 0.25) is 0 Å². The van der Waals surface area contributed by atoms with Gasteiger partial charge in [0.15, 0.2) is 0 Å². The maximum absolute atomic E-state index is 4.20. The highest BCUT2D eigenvalue weighted by atomic mass is 79.9. The summed E-state index contributed by atoms with van der Waals surface area (Å²) >= 11 is 5.14. The van der Waals surface area contributed by atoms with E-state index in [-0.39, 0.29) is 0 Å². The van der Waals surface area contributed by atoms with Crippen LogP contribution < -0.4 is 5.32 Å². The summed E-state index contributed by atoms with van der Waals surface area (Å²) in [5, 5.41) is 6.40. The first kappa shape index (κ1) is 9.68. The second kappa shape index (κ2) is 4.57. The molecule has 0 atom stereocenters. The van der Waals surface area contributed by atoms with Gasteiger partial charge in [-0.3, -0.25) is 0 Å². The SMILES string of the molecule is Brc1ccccc1NCc1nccs1. The fraction of sp³-hybridized carbons (Fsp3) is 0.100. The van der Waals surface area contributed by atoms with Crippen molar-refractivity contribution < 1.29 is 0 Å². The van der Waals surface area contributed by atoms with Crippen molar-refractivity contribution in [2.75, 3.05) is 5.32 Å². The third kappa shape index (κ3) is 2.33. The third-order valence-electron chi connectivity index (χ3n) is 1.79. The topological polar surface area (TPSA) is 24.9 Å². The van der Waals surface area contributed by atoms with Crippen LogP contribution in [0.15, 0.2) is 40.3 Å². The van der Waals surface area contributed by atoms with Crippen LogP contribution in [0.2, 0.25) is 0 Å². The van der Waals surface area contributed by atoms with Crippen LogP contribution in [-0.2, 0) is 6.54 Å². The van der Waals surface area contributed by atoms with Gasteiger partial charge in [-0.1, -0.05) is 12.1 Å². The molecule has 2 rings (SSSR count). The summed E-state index contributed by atoms with van der Waals surface area (Å²) in [5.74, 6) is 0. The van der Waals surface area contributed by atoms with E-state index in [0.29, 0.717) is 0 Å². The standard InChI is InChI=1S/C10H9BrN2S/c11-8-3-1-2-4-9(8)13-7-10-12-5-6-14-10/h1-6,13H,7H2. The van der Waals surface area contributed by atoms with Crippen LogP contribution in [0.3, 0.4) is 0 Å². The Kier molecular flexibility index (Phi) is 3.16. The van der Waals surface area contributed by atoms with Crippen LogP contribution in [0.1, 0.15) is 5.01 Å². The van der Waals surface area contributed by atoms with Crippen LogP contribution in [0.25, 0.3) is 0 Å². The van der Waals surface area contributed by atoms with Gasteiger partial charge in [-0.2, -0.15) is 0 Å². The average molecular weight is 269 g/mol. The quantitative estimate of drug-likeness (QED) is 0.922. The zero-order valence-electron chi connectivity index (χ0n) is 7.40. The van der Waals surface area contributed by atoms with Gasteiger partial charge in [-0.15, -0.1) is 11.3 Å². The molecule has 1 aromatic heterocycles. The number of rotatable bonds is 3. The van der Waals surface area contributed by atoms with Crippen molar-refractivity contribution in [1.29, 1.82) is 0 Å². The first-order valence-electron chi connectivity index (χ1n) is 4.23. The van der Waals surface area contributed by atoms with Crippen LogP contribution >= 0.6 is 27.3 Å². The maximum Gasteiger partial charge on any atom is 0.112 e. The van der Waals surface area contributed by atoms with Crippen molar-refractivity contribution in [2.45, 2.75) is 6.54 Å². The Morgan fingerprint density at radius 3 is 2.93 bits per heavy atom. The summed E-state index contributed by atoms with van der Waals surface area (Å²) in [6.45, 7) is 0.778. The van der Waals surface area contributed by atoms with Crippen LogP contribution in [-0.4, -0.2) is 4.98 Å². The summed E-state index contributed by atoms with van der Waals surface area (Å²) in [4.78, 5) is 4.20. The van der Waals surface area contributed by atoms with Crippen molar-refractivity contribution in [3.63, 3.8) is 0 Å². The summed E-state index contributed by atoms with van der Waals surface area (Å²) in [5.41, 5.74) is 1.10. The Morgan fingerprint density at radius 2 is 2.21 bits per heavy atom. The zero-order chi connectivity index (χ0) is 9.80. The number of nitrogens with one attached hydrogen (secondary N) is 1. The van der Waals surface area contributed by atoms with Gasteiger partial charge in [0.05, 0.1) is 6.54 Å². The first-order valence-corrected chi connectivity index (χ1v) is 5.90. The molecule has 0 radical (unpaired) electrons. The molecule has 0 bridgehead atoms. The summed E-state index contributed by atoms with van der Waals surface area (Å²) in [6, 6.07) is 8.06. The highest BCUT2D eigenvalue weighted by Crippen LogP contribution is 2.21. The molecule has 72 valence electrons. The normalized spacial score (nSPS) is 10.1. The van der Waals surface area contributed by atoms with E-state index in [4.69, 9.17) is 0 Å². The molecular formula is C10H9BrN2S. The predicted molar refractivity (Wildman–Crippen MR) is 63.6 cm³/mol. The smallest absolute Gasteiger partial charge is 0.112 e. The van der Waals surface area contributed by atoms with Gasteiger partial charge in [0, 0.05) is 21.7 Å². The molecule has 2 nitrogen and oxygen atoms in total. The molecule has 0 aliphatic carbocycles. The van der Waals surface area contributed by atoms with Gasteiger partial charge < -0.3 is 5.32 Å². The molecule has 1 N–H and O–H groups in total. The molecule has 2 aromatic rings. The summed E-state index contributed by atoms with van der Waals surface area (Å²) in [7, 11) is 0. The number of para-hydroxylation sites is 1. The number of hydrogen-bond donors (Lipinski definition) is 1. The third-order valence-corrected chi connectivity index (χ3v) is 3.26. The lowest BCUT2D eigenvalue weighted by molar-refractivity contribution is 1.10. The lowest BCUT2D eigenvalue weighted by atomic mass is 10.3. The van der Waals surface area contributed by atoms with Crippen molar-refractivity contribution in [2.24, 2.45) is 0 Å². The predicted octanol–water partition coefficient (Wildman–Crippen LogP) is 3.52. The van der Waals surface area contributed by atoms with E-state index < -0.39 is 0 Å². The fourth-order valence-corrected chi connectivity index (χ4v) is 2.10. The highest BCUT2D eigenvalue weighted by molar-refractivity contribution is 9.10. The Bertz CT molecular complexity index is 400. The second-order valence-electron chi connectivity index (χ2n) is 2.76. The van der Waals surface area contributed by atoms with Gasteiger partial charge in [-0.05, 0) is 28.1 Å². The van der Waals surface area contributed by atoms with E-state index in [9.17, 15) is 0 Å². The molecule has 0 unspecified atom stereocenters. The van der Waals surface area contributed by atoms with Crippen LogP contribution in [0.4, 0.5) is 5.69 Å². The molecule has 1 heterocycles. The molecule has 0 saturated carbocycles.